The Bertz CT molecular complexity index is 720. The van der Waals surface area contributed by atoms with Gasteiger partial charge in [0.15, 0.2) is 5.54 Å². The summed E-state index contributed by atoms with van der Waals surface area (Å²) >= 11 is 0. The summed E-state index contributed by atoms with van der Waals surface area (Å²) in [6.07, 6.45) is 0. The van der Waals surface area contributed by atoms with Crippen LogP contribution in [-0.4, -0.2) is 18.1 Å². The van der Waals surface area contributed by atoms with Crippen molar-refractivity contribution in [1.82, 2.24) is 5.32 Å². The molecule has 1 atom stereocenters. The third-order valence-electron chi connectivity index (χ3n) is 3.48. The molecule has 0 spiro atoms. The van der Waals surface area contributed by atoms with Crippen molar-refractivity contribution >= 4 is 5.91 Å². The Labute approximate surface area is 136 Å². The SMILES string of the molecule is C=C(C)C(C#N)(COc1ccccc1)NC(=O)c1ccccc1. The van der Waals surface area contributed by atoms with E-state index in [1.165, 1.54) is 0 Å². The molecule has 116 valence electrons. The number of rotatable bonds is 6. The summed E-state index contributed by atoms with van der Waals surface area (Å²) in [6, 6.07) is 20.0. The molecular weight excluding hydrogens is 288 g/mol. The smallest absolute Gasteiger partial charge is 0.252 e. The molecule has 0 bridgehead atoms. The van der Waals surface area contributed by atoms with Crippen LogP contribution in [0.25, 0.3) is 0 Å². The summed E-state index contributed by atoms with van der Waals surface area (Å²) in [7, 11) is 0. The van der Waals surface area contributed by atoms with Gasteiger partial charge < -0.3 is 10.1 Å². The van der Waals surface area contributed by atoms with Crippen LogP contribution in [-0.2, 0) is 0 Å². The van der Waals surface area contributed by atoms with Crippen molar-refractivity contribution in [3.63, 3.8) is 0 Å². The largest absolute Gasteiger partial charge is 0.490 e. The van der Waals surface area contributed by atoms with Crippen LogP contribution in [0.5, 0.6) is 5.75 Å². The van der Waals surface area contributed by atoms with Crippen molar-refractivity contribution in [2.24, 2.45) is 0 Å². The van der Waals surface area contributed by atoms with Crippen molar-refractivity contribution in [2.75, 3.05) is 6.61 Å². The Morgan fingerprint density at radius 1 is 1.17 bits per heavy atom. The highest BCUT2D eigenvalue weighted by Gasteiger charge is 2.34. The lowest BCUT2D eigenvalue weighted by molar-refractivity contribution is 0.0908. The minimum atomic E-state index is -1.29. The predicted molar refractivity (Wildman–Crippen MR) is 89.0 cm³/mol. The number of para-hydroxylation sites is 1. The number of nitrogens with zero attached hydrogens (tertiary/aromatic N) is 1. The number of nitrogens with one attached hydrogen (secondary N) is 1. The lowest BCUT2D eigenvalue weighted by Crippen LogP contribution is -2.52. The number of carbonyl (C=O) groups is 1. The zero-order valence-corrected chi connectivity index (χ0v) is 13.0. The van der Waals surface area contributed by atoms with E-state index in [-0.39, 0.29) is 12.5 Å². The first-order valence-corrected chi connectivity index (χ1v) is 7.20. The maximum atomic E-state index is 12.4. The first-order valence-electron chi connectivity index (χ1n) is 7.20. The van der Waals surface area contributed by atoms with E-state index in [1.807, 2.05) is 24.3 Å². The number of hydrogen-bond acceptors (Lipinski definition) is 3. The number of hydrogen-bond donors (Lipinski definition) is 1. The van der Waals surface area contributed by atoms with Gasteiger partial charge in [0.25, 0.3) is 5.91 Å². The Morgan fingerprint density at radius 2 is 1.74 bits per heavy atom. The van der Waals surface area contributed by atoms with Crippen LogP contribution in [0.15, 0.2) is 72.8 Å². The van der Waals surface area contributed by atoms with Crippen LogP contribution in [0.4, 0.5) is 0 Å². The average Bonchev–Trinajstić information content (AvgIpc) is 2.60. The second-order valence-corrected chi connectivity index (χ2v) is 5.22. The number of ether oxygens (including phenoxy) is 1. The molecular formula is C19H18N2O2. The Balaban J connectivity index is 2.17. The maximum Gasteiger partial charge on any atom is 0.252 e. The van der Waals surface area contributed by atoms with Crippen molar-refractivity contribution in [2.45, 2.75) is 12.5 Å². The second kappa shape index (κ2) is 7.28. The minimum Gasteiger partial charge on any atom is -0.490 e. The number of nitriles is 1. The van der Waals surface area contributed by atoms with E-state index in [9.17, 15) is 10.1 Å². The molecule has 0 saturated heterocycles. The molecule has 1 N–H and O–H groups in total. The summed E-state index contributed by atoms with van der Waals surface area (Å²) in [6.45, 7) is 5.53. The van der Waals surface area contributed by atoms with Crippen LogP contribution in [0.1, 0.15) is 17.3 Å². The fraction of sp³-hybridized carbons (Fsp3) is 0.158. The van der Waals surface area contributed by atoms with E-state index in [1.54, 1.807) is 43.3 Å². The Morgan fingerprint density at radius 3 is 2.26 bits per heavy atom. The molecule has 0 heterocycles. The summed E-state index contributed by atoms with van der Waals surface area (Å²) < 4.78 is 5.66. The van der Waals surface area contributed by atoms with Gasteiger partial charge in [-0.3, -0.25) is 4.79 Å². The zero-order chi connectivity index (χ0) is 16.7. The van der Waals surface area contributed by atoms with Crippen molar-refractivity contribution in [3.05, 3.63) is 78.4 Å². The van der Waals surface area contributed by atoms with E-state index < -0.39 is 5.54 Å². The molecule has 2 aromatic rings. The van der Waals surface area contributed by atoms with E-state index in [0.29, 0.717) is 16.9 Å². The van der Waals surface area contributed by atoms with Crippen LogP contribution >= 0.6 is 0 Å². The number of benzene rings is 2. The van der Waals surface area contributed by atoms with Gasteiger partial charge >= 0.3 is 0 Å². The summed E-state index contributed by atoms with van der Waals surface area (Å²) in [4.78, 5) is 12.4. The lowest BCUT2D eigenvalue weighted by Gasteiger charge is -2.28. The highest BCUT2D eigenvalue weighted by Crippen LogP contribution is 2.19. The molecule has 2 aromatic carbocycles. The zero-order valence-electron chi connectivity index (χ0n) is 13.0. The quantitative estimate of drug-likeness (QED) is 0.833. The molecule has 0 radical (unpaired) electrons. The Hall–Kier alpha value is -3.06. The summed E-state index contributed by atoms with van der Waals surface area (Å²) in [5.74, 6) is 0.286. The van der Waals surface area contributed by atoms with Gasteiger partial charge in [0.2, 0.25) is 0 Å². The third-order valence-corrected chi connectivity index (χ3v) is 3.48. The summed E-state index contributed by atoms with van der Waals surface area (Å²) in [5.41, 5.74) is -0.295. The molecule has 0 aliphatic rings. The van der Waals surface area contributed by atoms with Gasteiger partial charge in [0, 0.05) is 5.56 Å². The standard InChI is InChI=1S/C19H18N2O2/c1-15(2)19(13-20,14-23-17-11-7-4-8-12-17)21-18(22)16-9-5-3-6-10-16/h3-12H,1,14H2,2H3,(H,21,22). The fourth-order valence-corrected chi connectivity index (χ4v) is 1.99. The molecule has 2 rings (SSSR count). The van der Waals surface area contributed by atoms with Gasteiger partial charge in [-0.05, 0) is 36.8 Å². The monoisotopic (exact) mass is 306 g/mol. The van der Waals surface area contributed by atoms with Crippen molar-refractivity contribution in [1.29, 1.82) is 5.26 Å². The molecule has 1 unspecified atom stereocenters. The van der Waals surface area contributed by atoms with Gasteiger partial charge in [-0.15, -0.1) is 0 Å². The van der Waals surface area contributed by atoms with Crippen molar-refractivity contribution < 1.29 is 9.53 Å². The van der Waals surface area contributed by atoms with Crippen LogP contribution in [0.3, 0.4) is 0 Å². The molecule has 0 aromatic heterocycles. The van der Waals surface area contributed by atoms with Crippen LogP contribution < -0.4 is 10.1 Å². The van der Waals surface area contributed by atoms with E-state index in [4.69, 9.17) is 4.74 Å². The molecule has 1 amide bonds. The lowest BCUT2D eigenvalue weighted by atomic mass is 9.93. The normalized spacial score (nSPS) is 12.5. The topological polar surface area (TPSA) is 62.1 Å². The minimum absolute atomic E-state index is 0.0125. The number of amides is 1. The predicted octanol–water partition coefficient (Wildman–Crippen LogP) is 3.33. The van der Waals surface area contributed by atoms with Crippen LogP contribution in [0, 0.1) is 11.3 Å². The van der Waals surface area contributed by atoms with E-state index in [2.05, 4.69) is 18.0 Å². The fourth-order valence-electron chi connectivity index (χ4n) is 1.99. The summed E-state index contributed by atoms with van der Waals surface area (Å²) in [5, 5.41) is 12.4. The molecule has 23 heavy (non-hydrogen) atoms. The molecule has 0 fully saturated rings. The van der Waals surface area contributed by atoms with E-state index in [0.717, 1.165) is 0 Å². The van der Waals surface area contributed by atoms with Gasteiger partial charge in [-0.1, -0.05) is 43.0 Å². The first-order chi connectivity index (χ1) is 11.1. The average molecular weight is 306 g/mol. The van der Waals surface area contributed by atoms with Gasteiger partial charge in [-0.2, -0.15) is 5.26 Å². The van der Waals surface area contributed by atoms with Gasteiger partial charge in [-0.25, -0.2) is 0 Å². The molecule has 4 heteroatoms. The number of carbonyl (C=O) groups excluding carboxylic acids is 1. The second-order valence-electron chi connectivity index (χ2n) is 5.22. The molecule has 0 aliphatic heterocycles. The van der Waals surface area contributed by atoms with E-state index >= 15 is 0 Å². The van der Waals surface area contributed by atoms with Gasteiger partial charge in [0.1, 0.15) is 12.4 Å². The highest BCUT2D eigenvalue weighted by atomic mass is 16.5. The molecule has 0 aliphatic carbocycles. The first kappa shape index (κ1) is 16.3. The van der Waals surface area contributed by atoms with Gasteiger partial charge in [0.05, 0.1) is 6.07 Å². The Kier molecular flexibility index (Phi) is 5.16. The third kappa shape index (κ3) is 3.98. The molecule has 4 nitrogen and oxygen atoms in total. The maximum absolute atomic E-state index is 12.4. The van der Waals surface area contributed by atoms with Crippen molar-refractivity contribution in [3.8, 4) is 11.8 Å². The highest BCUT2D eigenvalue weighted by molar-refractivity contribution is 5.95. The van der Waals surface area contributed by atoms with Crippen LogP contribution in [0.2, 0.25) is 0 Å². The molecule has 0 saturated carbocycles.